The fraction of sp³-hybridized carbons (Fsp3) is 0.133. The summed E-state index contributed by atoms with van der Waals surface area (Å²) in [5, 5.41) is 0. The third-order valence-corrected chi connectivity index (χ3v) is 3.02. The zero-order chi connectivity index (χ0) is 13.0. The Kier molecular flexibility index (Phi) is 4.15. The molecule has 2 aromatic carbocycles. The molecule has 2 rings (SSSR count). The van der Waals surface area contributed by atoms with Crippen LogP contribution in [0.5, 0.6) is 5.75 Å². The van der Waals surface area contributed by atoms with Gasteiger partial charge in [0.1, 0.15) is 5.75 Å². The minimum absolute atomic E-state index is 0.0275. The summed E-state index contributed by atoms with van der Waals surface area (Å²) in [6, 6.07) is 14.7. The average Bonchev–Trinajstić information content (AvgIpc) is 2.41. The molecule has 0 aromatic heterocycles. The van der Waals surface area contributed by atoms with Gasteiger partial charge in [-0.05, 0) is 25.1 Å². The lowest BCUT2D eigenvalue weighted by Gasteiger charge is -2.09. The topological polar surface area (TPSA) is 26.3 Å². The van der Waals surface area contributed by atoms with Crippen molar-refractivity contribution in [1.29, 1.82) is 0 Å². The normalized spacial score (nSPS) is 10.1. The summed E-state index contributed by atoms with van der Waals surface area (Å²) < 4.78 is 6.36. The molecular formula is C15H13BrO2. The molecule has 0 amide bonds. The molecule has 2 aromatic rings. The summed E-state index contributed by atoms with van der Waals surface area (Å²) in [5.74, 6) is 0.593. The van der Waals surface area contributed by atoms with Gasteiger partial charge in [-0.1, -0.05) is 46.3 Å². The van der Waals surface area contributed by atoms with E-state index >= 15 is 0 Å². The van der Waals surface area contributed by atoms with Gasteiger partial charge in [0.25, 0.3) is 0 Å². The van der Waals surface area contributed by atoms with Crippen molar-refractivity contribution in [3.63, 3.8) is 0 Å². The third kappa shape index (κ3) is 2.79. The molecule has 2 nitrogen and oxygen atoms in total. The molecule has 0 aliphatic heterocycles. The van der Waals surface area contributed by atoms with Gasteiger partial charge in [-0.15, -0.1) is 0 Å². The van der Waals surface area contributed by atoms with Crippen molar-refractivity contribution in [3.05, 3.63) is 64.1 Å². The molecule has 0 spiro atoms. The first-order valence-corrected chi connectivity index (χ1v) is 6.53. The van der Waals surface area contributed by atoms with Gasteiger partial charge in [-0.25, -0.2) is 0 Å². The van der Waals surface area contributed by atoms with Gasteiger partial charge in [0.15, 0.2) is 5.78 Å². The number of halogens is 1. The van der Waals surface area contributed by atoms with E-state index in [0.717, 1.165) is 4.47 Å². The first-order chi connectivity index (χ1) is 8.72. The Hall–Kier alpha value is -1.61. The summed E-state index contributed by atoms with van der Waals surface area (Å²) in [7, 11) is 0. The minimum Gasteiger partial charge on any atom is -0.493 e. The van der Waals surface area contributed by atoms with E-state index in [9.17, 15) is 4.79 Å². The maximum absolute atomic E-state index is 12.4. The van der Waals surface area contributed by atoms with Crippen LogP contribution in [0, 0.1) is 0 Å². The molecule has 0 fully saturated rings. The Morgan fingerprint density at radius 2 is 1.89 bits per heavy atom. The lowest BCUT2D eigenvalue weighted by atomic mass is 10.0. The van der Waals surface area contributed by atoms with Crippen molar-refractivity contribution in [2.24, 2.45) is 0 Å². The summed E-state index contributed by atoms with van der Waals surface area (Å²) >= 11 is 3.38. The van der Waals surface area contributed by atoms with Crippen molar-refractivity contribution >= 4 is 21.7 Å². The predicted molar refractivity (Wildman–Crippen MR) is 75.2 cm³/mol. The summed E-state index contributed by atoms with van der Waals surface area (Å²) in [6.07, 6.45) is 0. The van der Waals surface area contributed by atoms with Gasteiger partial charge in [0.05, 0.1) is 12.2 Å². The Labute approximate surface area is 115 Å². The van der Waals surface area contributed by atoms with Crippen molar-refractivity contribution in [1.82, 2.24) is 0 Å². The van der Waals surface area contributed by atoms with E-state index in [0.29, 0.717) is 23.5 Å². The summed E-state index contributed by atoms with van der Waals surface area (Å²) in [4.78, 5) is 12.4. The van der Waals surface area contributed by atoms with Gasteiger partial charge in [0, 0.05) is 10.0 Å². The highest BCUT2D eigenvalue weighted by molar-refractivity contribution is 9.10. The number of ketones is 1. The Morgan fingerprint density at radius 1 is 1.17 bits per heavy atom. The number of rotatable bonds is 4. The number of hydrogen-bond acceptors (Lipinski definition) is 2. The van der Waals surface area contributed by atoms with Gasteiger partial charge >= 0.3 is 0 Å². The van der Waals surface area contributed by atoms with Gasteiger partial charge in [-0.3, -0.25) is 4.79 Å². The molecule has 3 heteroatoms. The molecule has 0 saturated heterocycles. The molecule has 0 aliphatic carbocycles. The van der Waals surface area contributed by atoms with E-state index in [1.54, 1.807) is 18.2 Å². The van der Waals surface area contributed by atoms with E-state index in [1.807, 2.05) is 37.3 Å². The first-order valence-electron chi connectivity index (χ1n) is 5.74. The van der Waals surface area contributed by atoms with Crippen LogP contribution < -0.4 is 4.74 Å². The molecule has 0 saturated carbocycles. The maximum atomic E-state index is 12.4. The average molecular weight is 305 g/mol. The minimum atomic E-state index is -0.0275. The van der Waals surface area contributed by atoms with Crippen LogP contribution in [0.2, 0.25) is 0 Å². The SMILES string of the molecule is CCOc1ccc(Br)cc1C(=O)c1ccccc1. The molecule has 0 unspecified atom stereocenters. The van der Waals surface area contributed by atoms with Crippen molar-refractivity contribution < 1.29 is 9.53 Å². The van der Waals surface area contributed by atoms with Gasteiger partial charge < -0.3 is 4.74 Å². The fourth-order valence-electron chi connectivity index (χ4n) is 1.71. The largest absolute Gasteiger partial charge is 0.493 e. The lowest BCUT2D eigenvalue weighted by molar-refractivity contribution is 0.103. The molecule has 0 heterocycles. The van der Waals surface area contributed by atoms with E-state index in [4.69, 9.17) is 4.74 Å². The van der Waals surface area contributed by atoms with Crippen molar-refractivity contribution in [2.45, 2.75) is 6.92 Å². The first kappa shape index (κ1) is 12.8. The highest BCUT2D eigenvalue weighted by atomic mass is 79.9. The van der Waals surface area contributed by atoms with Crippen LogP contribution in [0.3, 0.4) is 0 Å². The Balaban J connectivity index is 2.43. The van der Waals surface area contributed by atoms with Crippen LogP contribution in [-0.4, -0.2) is 12.4 Å². The van der Waals surface area contributed by atoms with Crippen molar-refractivity contribution in [3.8, 4) is 5.75 Å². The quantitative estimate of drug-likeness (QED) is 0.796. The molecule has 0 aliphatic rings. The second kappa shape index (κ2) is 5.83. The van der Waals surface area contributed by atoms with E-state index in [2.05, 4.69) is 15.9 Å². The fourth-order valence-corrected chi connectivity index (χ4v) is 2.07. The summed E-state index contributed by atoms with van der Waals surface area (Å²) in [5.41, 5.74) is 1.24. The molecule has 0 N–H and O–H groups in total. The number of benzene rings is 2. The molecule has 92 valence electrons. The predicted octanol–water partition coefficient (Wildman–Crippen LogP) is 4.08. The van der Waals surface area contributed by atoms with Gasteiger partial charge in [0.2, 0.25) is 0 Å². The molecular weight excluding hydrogens is 292 g/mol. The van der Waals surface area contributed by atoms with Crippen LogP contribution in [0.15, 0.2) is 53.0 Å². The Morgan fingerprint density at radius 3 is 2.56 bits per heavy atom. The van der Waals surface area contributed by atoms with E-state index < -0.39 is 0 Å². The number of ether oxygens (including phenoxy) is 1. The monoisotopic (exact) mass is 304 g/mol. The van der Waals surface area contributed by atoms with E-state index in [-0.39, 0.29) is 5.78 Å². The molecule has 0 atom stereocenters. The molecule has 0 bridgehead atoms. The number of carbonyl (C=O) groups excluding carboxylic acids is 1. The summed E-state index contributed by atoms with van der Waals surface area (Å²) in [6.45, 7) is 2.44. The molecule has 0 radical (unpaired) electrons. The maximum Gasteiger partial charge on any atom is 0.196 e. The van der Waals surface area contributed by atoms with Crippen LogP contribution >= 0.6 is 15.9 Å². The Bertz CT molecular complexity index is 550. The van der Waals surface area contributed by atoms with Crippen molar-refractivity contribution in [2.75, 3.05) is 6.61 Å². The van der Waals surface area contributed by atoms with Gasteiger partial charge in [-0.2, -0.15) is 0 Å². The van der Waals surface area contributed by atoms with Crippen LogP contribution in [0.4, 0.5) is 0 Å². The highest BCUT2D eigenvalue weighted by Gasteiger charge is 2.14. The number of carbonyl (C=O) groups is 1. The number of hydrogen-bond donors (Lipinski definition) is 0. The second-order valence-corrected chi connectivity index (χ2v) is 4.68. The molecule has 18 heavy (non-hydrogen) atoms. The zero-order valence-corrected chi connectivity index (χ0v) is 11.6. The highest BCUT2D eigenvalue weighted by Crippen LogP contribution is 2.25. The van der Waals surface area contributed by atoms with E-state index in [1.165, 1.54) is 0 Å². The lowest BCUT2D eigenvalue weighted by Crippen LogP contribution is -2.05. The van der Waals surface area contributed by atoms with Crippen LogP contribution in [-0.2, 0) is 0 Å². The second-order valence-electron chi connectivity index (χ2n) is 3.77. The third-order valence-electron chi connectivity index (χ3n) is 2.52. The van der Waals surface area contributed by atoms with Crippen LogP contribution in [0.25, 0.3) is 0 Å². The van der Waals surface area contributed by atoms with Crippen LogP contribution in [0.1, 0.15) is 22.8 Å². The zero-order valence-electron chi connectivity index (χ0n) is 10.0. The smallest absolute Gasteiger partial charge is 0.196 e. The standard InChI is InChI=1S/C15H13BrO2/c1-2-18-14-9-8-12(16)10-13(14)15(17)11-6-4-3-5-7-11/h3-10H,2H2,1H3.